The second-order valence-electron chi connectivity index (χ2n) is 10.5. The molecule has 0 aliphatic rings. The molecular formula is C30H60O4S. The molecule has 0 fully saturated rings. The van der Waals surface area contributed by atoms with Gasteiger partial charge in [-0.3, -0.25) is 4.55 Å². The zero-order valence-corrected chi connectivity index (χ0v) is 24.3. The lowest BCUT2D eigenvalue weighted by atomic mass is 9.99. The average Bonchev–Trinajstić information content (AvgIpc) is 2.82. The van der Waals surface area contributed by atoms with Crippen LogP contribution < -0.4 is 0 Å². The molecule has 210 valence electrons. The van der Waals surface area contributed by atoms with Crippen molar-refractivity contribution in [3.05, 3.63) is 12.2 Å². The van der Waals surface area contributed by atoms with Crippen LogP contribution in [-0.2, 0) is 14.6 Å². The highest BCUT2D eigenvalue weighted by Crippen LogP contribution is 2.17. The molecule has 5 heteroatoms. The molecule has 0 rings (SSSR count). The molecule has 0 aliphatic carbocycles. The van der Waals surface area contributed by atoms with Crippen LogP contribution in [0.2, 0.25) is 0 Å². The van der Waals surface area contributed by atoms with Crippen LogP contribution in [0.3, 0.4) is 0 Å². The molecular weight excluding hydrogens is 456 g/mol. The third-order valence-electron chi connectivity index (χ3n) is 6.99. The molecule has 35 heavy (non-hydrogen) atoms. The molecule has 0 saturated heterocycles. The molecule has 0 saturated carbocycles. The standard InChI is InChI=1S/C30H60O4S/c1-3-5-7-9-11-13-14-15-16-17-18-19-20-22-24-26-28-30(29-34-35(31,32)33)27-25-23-21-12-10-8-6-4-2/h25,27,30H,3-24,26,28-29H2,1-2H3,(H,31,32,33)/b27-25+. The van der Waals surface area contributed by atoms with Crippen molar-refractivity contribution in [2.24, 2.45) is 5.92 Å². The van der Waals surface area contributed by atoms with E-state index in [4.69, 9.17) is 4.55 Å². The highest BCUT2D eigenvalue weighted by atomic mass is 32.3. The van der Waals surface area contributed by atoms with Crippen molar-refractivity contribution in [3.63, 3.8) is 0 Å². The van der Waals surface area contributed by atoms with E-state index in [1.165, 1.54) is 135 Å². The Balaban J connectivity index is 3.73. The molecule has 0 aromatic rings. The van der Waals surface area contributed by atoms with E-state index in [9.17, 15) is 8.42 Å². The van der Waals surface area contributed by atoms with E-state index >= 15 is 0 Å². The molecule has 0 bridgehead atoms. The molecule has 0 aliphatic heterocycles. The molecule has 1 atom stereocenters. The smallest absolute Gasteiger partial charge is 0.264 e. The Labute approximate surface area is 220 Å². The van der Waals surface area contributed by atoms with Gasteiger partial charge in [-0.1, -0.05) is 161 Å². The highest BCUT2D eigenvalue weighted by molar-refractivity contribution is 7.80. The van der Waals surface area contributed by atoms with E-state index in [1.807, 2.05) is 0 Å². The summed E-state index contributed by atoms with van der Waals surface area (Å²) < 4.78 is 35.5. The minimum atomic E-state index is -4.36. The zero-order valence-electron chi connectivity index (χ0n) is 23.5. The van der Waals surface area contributed by atoms with Crippen LogP contribution >= 0.6 is 0 Å². The predicted octanol–water partition coefficient (Wildman–Crippen LogP) is 10.4. The SMILES string of the molecule is CCCCCCCC/C=C/C(CCCCCCCCCCCCCCCCCC)COS(=O)(=O)O. The first-order valence-corrected chi connectivity index (χ1v) is 16.6. The Morgan fingerprint density at radius 3 is 1.37 bits per heavy atom. The Morgan fingerprint density at radius 2 is 0.971 bits per heavy atom. The fraction of sp³-hybridized carbons (Fsp3) is 0.933. The number of hydrogen-bond donors (Lipinski definition) is 1. The van der Waals surface area contributed by atoms with Crippen LogP contribution in [0, 0.1) is 5.92 Å². The largest absolute Gasteiger partial charge is 0.397 e. The van der Waals surface area contributed by atoms with Gasteiger partial charge in [-0.05, 0) is 19.3 Å². The van der Waals surface area contributed by atoms with Crippen molar-refractivity contribution in [2.45, 2.75) is 168 Å². The monoisotopic (exact) mass is 516 g/mol. The van der Waals surface area contributed by atoms with Crippen molar-refractivity contribution >= 4 is 10.4 Å². The fourth-order valence-electron chi connectivity index (χ4n) is 4.69. The maximum atomic E-state index is 11.0. The quantitative estimate of drug-likeness (QED) is 0.0638. The summed E-state index contributed by atoms with van der Waals surface area (Å²) in [5.74, 6) is 0.0589. The molecule has 4 nitrogen and oxygen atoms in total. The van der Waals surface area contributed by atoms with Crippen LogP contribution in [0.15, 0.2) is 12.2 Å². The molecule has 0 heterocycles. The Hall–Kier alpha value is -0.390. The van der Waals surface area contributed by atoms with E-state index in [0.717, 1.165) is 19.3 Å². The van der Waals surface area contributed by atoms with Gasteiger partial charge in [0.15, 0.2) is 0 Å². The number of hydrogen-bond acceptors (Lipinski definition) is 3. The molecule has 0 spiro atoms. The average molecular weight is 517 g/mol. The second kappa shape index (κ2) is 26.7. The van der Waals surface area contributed by atoms with E-state index in [-0.39, 0.29) is 12.5 Å². The fourth-order valence-corrected chi connectivity index (χ4v) is 5.04. The topological polar surface area (TPSA) is 63.6 Å². The van der Waals surface area contributed by atoms with E-state index in [0.29, 0.717) is 0 Å². The zero-order chi connectivity index (χ0) is 25.9. The summed E-state index contributed by atoms with van der Waals surface area (Å²) in [6.45, 7) is 4.56. The van der Waals surface area contributed by atoms with Gasteiger partial charge in [0.1, 0.15) is 0 Å². The van der Waals surface area contributed by atoms with Gasteiger partial charge in [-0.25, -0.2) is 4.18 Å². The summed E-state index contributed by atoms with van der Waals surface area (Å²) in [6.07, 6.45) is 35.5. The Bertz CT molecular complexity index is 545. The van der Waals surface area contributed by atoms with Crippen molar-refractivity contribution in [1.29, 1.82) is 0 Å². The lowest BCUT2D eigenvalue weighted by molar-refractivity contribution is 0.234. The lowest BCUT2D eigenvalue weighted by Crippen LogP contribution is -2.12. The van der Waals surface area contributed by atoms with Gasteiger partial charge in [0, 0.05) is 5.92 Å². The van der Waals surface area contributed by atoms with Crippen molar-refractivity contribution in [2.75, 3.05) is 6.61 Å². The highest BCUT2D eigenvalue weighted by Gasteiger charge is 2.11. The van der Waals surface area contributed by atoms with Gasteiger partial charge < -0.3 is 0 Å². The van der Waals surface area contributed by atoms with Crippen LogP contribution in [0.25, 0.3) is 0 Å². The van der Waals surface area contributed by atoms with Gasteiger partial charge >= 0.3 is 10.4 Å². The van der Waals surface area contributed by atoms with Crippen molar-refractivity contribution < 1.29 is 17.2 Å². The number of allylic oxidation sites excluding steroid dienone is 1. The molecule has 1 unspecified atom stereocenters. The first-order chi connectivity index (χ1) is 17.0. The minimum absolute atomic E-state index is 0.0462. The molecule has 0 aromatic carbocycles. The molecule has 1 N–H and O–H groups in total. The summed E-state index contributed by atoms with van der Waals surface area (Å²) in [4.78, 5) is 0. The maximum absolute atomic E-state index is 11.0. The van der Waals surface area contributed by atoms with Gasteiger partial charge in [0.05, 0.1) is 6.61 Å². The first kappa shape index (κ1) is 34.6. The summed E-state index contributed by atoms with van der Waals surface area (Å²) in [5, 5.41) is 0. The van der Waals surface area contributed by atoms with Gasteiger partial charge in [0.2, 0.25) is 0 Å². The van der Waals surface area contributed by atoms with Crippen LogP contribution in [0.1, 0.15) is 168 Å². The third kappa shape index (κ3) is 29.7. The predicted molar refractivity (Wildman–Crippen MR) is 152 cm³/mol. The van der Waals surface area contributed by atoms with E-state index in [1.54, 1.807) is 0 Å². The van der Waals surface area contributed by atoms with Gasteiger partial charge in [-0.2, -0.15) is 8.42 Å². The Kier molecular flexibility index (Phi) is 26.4. The van der Waals surface area contributed by atoms with Crippen LogP contribution in [0.5, 0.6) is 0 Å². The number of rotatable bonds is 28. The van der Waals surface area contributed by atoms with E-state index in [2.05, 4.69) is 30.2 Å². The van der Waals surface area contributed by atoms with Gasteiger partial charge in [-0.15, -0.1) is 0 Å². The van der Waals surface area contributed by atoms with E-state index < -0.39 is 10.4 Å². The normalized spacial score (nSPS) is 13.1. The molecule has 0 aromatic heterocycles. The summed E-state index contributed by atoms with van der Waals surface area (Å²) in [6, 6.07) is 0. The second-order valence-corrected chi connectivity index (χ2v) is 11.6. The summed E-state index contributed by atoms with van der Waals surface area (Å²) in [5.41, 5.74) is 0. The third-order valence-corrected chi connectivity index (χ3v) is 7.43. The number of unbranched alkanes of at least 4 members (excludes halogenated alkanes) is 21. The lowest BCUT2D eigenvalue weighted by Gasteiger charge is -2.12. The minimum Gasteiger partial charge on any atom is -0.264 e. The van der Waals surface area contributed by atoms with Crippen LogP contribution in [-0.4, -0.2) is 19.6 Å². The first-order valence-electron chi connectivity index (χ1n) is 15.3. The summed E-state index contributed by atoms with van der Waals surface area (Å²) >= 11 is 0. The summed E-state index contributed by atoms with van der Waals surface area (Å²) in [7, 11) is -4.36. The van der Waals surface area contributed by atoms with Crippen molar-refractivity contribution in [3.8, 4) is 0 Å². The molecule has 0 amide bonds. The van der Waals surface area contributed by atoms with Crippen LogP contribution in [0.4, 0.5) is 0 Å². The van der Waals surface area contributed by atoms with Gasteiger partial charge in [0.25, 0.3) is 0 Å². The maximum Gasteiger partial charge on any atom is 0.397 e. The Morgan fingerprint density at radius 1 is 0.600 bits per heavy atom. The molecule has 0 radical (unpaired) electrons. The van der Waals surface area contributed by atoms with Crippen molar-refractivity contribution in [1.82, 2.24) is 0 Å².